The van der Waals surface area contributed by atoms with Crippen molar-refractivity contribution in [3.8, 4) is 17.2 Å². The quantitative estimate of drug-likeness (QED) is 0.328. The molecule has 0 unspecified atom stereocenters. The normalized spacial score (nSPS) is 10.3. The lowest BCUT2D eigenvalue weighted by molar-refractivity contribution is -0.143. The van der Waals surface area contributed by atoms with E-state index in [4.69, 9.17) is 14.2 Å². The van der Waals surface area contributed by atoms with Crippen molar-refractivity contribution in [3.05, 3.63) is 83.4 Å². The molecule has 0 heterocycles. The Morgan fingerprint density at radius 1 is 0.824 bits per heavy atom. The van der Waals surface area contributed by atoms with Gasteiger partial charge in [0.25, 0.3) is 0 Å². The minimum Gasteiger partial charge on any atom is -0.497 e. The van der Waals surface area contributed by atoms with Crippen molar-refractivity contribution in [2.24, 2.45) is 0 Å². The SMILES string of the molecule is COc1ccc(C(=O)COC(=O)CCC(=O)Nc2ccc(Oc3cccc(C)c3C)cc2)cc1. The second-order valence-corrected chi connectivity index (χ2v) is 7.69. The van der Waals surface area contributed by atoms with E-state index < -0.39 is 5.97 Å². The van der Waals surface area contributed by atoms with Gasteiger partial charge in [-0.3, -0.25) is 14.4 Å². The third-order valence-electron chi connectivity index (χ3n) is 5.25. The van der Waals surface area contributed by atoms with Crippen molar-refractivity contribution in [2.75, 3.05) is 19.0 Å². The molecule has 0 aliphatic carbocycles. The summed E-state index contributed by atoms with van der Waals surface area (Å²) in [6, 6.07) is 19.3. The second kappa shape index (κ2) is 11.7. The minimum absolute atomic E-state index is 0.0592. The van der Waals surface area contributed by atoms with Crippen molar-refractivity contribution >= 4 is 23.3 Å². The number of hydrogen-bond donors (Lipinski definition) is 1. The van der Waals surface area contributed by atoms with Crippen LogP contribution in [0.15, 0.2) is 66.7 Å². The molecule has 34 heavy (non-hydrogen) atoms. The zero-order valence-corrected chi connectivity index (χ0v) is 19.4. The molecule has 0 aromatic heterocycles. The molecular weight excluding hydrogens is 434 g/mol. The van der Waals surface area contributed by atoms with E-state index in [0.717, 1.165) is 16.9 Å². The summed E-state index contributed by atoms with van der Waals surface area (Å²) in [6.07, 6.45) is -0.189. The van der Waals surface area contributed by atoms with E-state index in [9.17, 15) is 14.4 Å². The number of esters is 1. The van der Waals surface area contributed by atoms with Crippen LogP contribution in [0.2, 0.25) is 0 Å². The van der Waals surface area contributed by atoms with Crippen LogP contribution in [0.5, 0.6) is 17.2 Å². The number of rotatable bonds is 10. The fourth-order valence-corrected chi connectivity index (χ4v) is 3.09. The molecule has 1 N–H and O–H groups in total. The van der Waals surface area contributed by atoms with Crippen LogP contribution in [0.25, 0.3) is 0 Å². The highest BCUT2D eigenvalue weighted by Crippen LogP contribution is 2.27. The highest BCUT2D eigenvalue weighted by atomic mass is 16.5. The molecule has 0 saturated heterocycles. The van der Waals surface area contributed by atoms with Gasteiger partial charge in [0.2, 0.25) is 5.91 Å². The first kappa shape index (κ1) is 24.5. The Labute approximate surface area is 198 Å². The molecule has 0 saturated carbocycles. The molecular formula is C27H27NO6. The summed E-state index contributed by atoms with van der Waals surface area (Å²) < 4.78 is 15.9. The third kappa shape index (κ3) is 6.93. The minimum atomic E-state index is -0.616. The molecule has 3 aromatic rings. The Hall–Kier alpha value is -4.13. The molecule has 0 aliphatic heterocycles. The molecule has 3 rings (SSSR count). The van der Waals surface area contributed by atoms with Gasteiger partial charge in [0.15, 0.2) is 12.4 Å². The Bertz CT molecular complexity index is 1150. The maximum atomic E-state index is 12.2. The summed E-state index contributed by atoms with van der Waals surface area (Å²) in [4.78, 5) is 36.2. The molecule has 7 heteroatoms. The fourth-order valence-electron chi connectivity index (χ4n) is 3.09. The molecule has 0 radical (unpaired) electrons. The van der Waals surface area contributed by atoms with Crippen molar-refractivity contribution in [1.29, 1.82) is 0 Å². The van der Waals surface area contributed by atoms with Gasteiger partial charge in [0, 0.05) is 17.7 Å². The topological polar surface area (TPSA) is 90.9 Å². The van der Waals surface area contributed by atoms with Gasteiger partial charge in [-0.05, 0) is 79.6 Å². The highest BCUT2D eigenvalue weighted by molar-refractivity contribution is 5.98. The van der Waals surface area contributed by atoms with Gasteiger partial charge in [-0.25, -0.2) is 0 Å². The Morgan fingerprint density at radius 2 is 1.50 bits per heavy atom. The van der Waals surface area contributed by atoms with Crippen LogP contribution >= 0.6 is 0 Å². The fraction of sp³-hybridized carbons (Fsp3) is 0.222. The van der Waals surface area contributed by atoms with Crippen LogP contribution in [0, 0.1) is 13.8 Å². The van der Waals surface area contributed by atoms with Gasteiger partial charge in [-0.1, -0.05) is 12.1 Å². The molecule has 0 atom stereocenters. The lowest BCUT2D eigenvalue weighted by Crippen LogP contribution is -2.17. The van der Waals surface area contributed by atoms with E-state index in [1.165, 1.54) is 7.11 Å². The van der Waals surface area contributed by atoms with Crippen LogP contribution in [0.3, 0.4) is 0 Å². The van der Waals surface area contributed by atoms with Crippen molar-refractivity contribution in [3.63, 3.8) is 0 Å². The first-order valence-corrected chi connectivity index (χ1v) is 10.8. The predicted molar refractivity (Wildman–Crippen MR) is 129 cm³/mol. The predicted octanol–water partition coefficient (Wildman–Crippen LogP) is 5.25. The van der Waals surface area contributed by atoms with Crippen LogP contribution < -0.4 is 14.8 Å². The van der Waals surface area contributed by atoms with Crippen molar-refractivity contribution in [2.45, 2.75) is 26.7 Å². The van der Waals surface area contributed by atoms with Gasteiger partial charge in [-0.15, -0.1) is 0 Å². The average molecular weight is 462 g/mol. The molecule has 0 bridgehead atoms. The summed E-state index contributed by atoms with van der Waals surface area (Å²) in [5.41, 5.74) is 3.21. The number of amides is 1. The maximum absolute atomic E-state index is 12.2. The van der Waals surface area contributed by atoms with Gasteiger partial charge in [0.05, 0.1) is 13.5 Å². The van der Waals surface area contributed by atoms with Crippen LogP contribution in [0.4, 0.5) is 5.69 Å². The molecule has 1 amide bonds. The van der Waals surface area contributed by atoms with Crippen LogP contribution in [-0.2, 0) is 14.3 Å². The lowest BCUT2D eigenvalue weighted by Gasteiger charge is -2.11. The van der Waals surface area contributed by atoms with E-state index in [-0.39, 0.29) is 31.1 Å². The van der Waals surface area contributed by atoms with Crippen molar-refractivity contribution in [1.82, 2.24) is 0 Å². The van der Waals surface area contributed by atoms with Gasteiger partial charge in [0.1, 0.15) is 17.2 Å². The number of benzene rings is 3. The highest BCUT2D eigenvalue weighted by Gasteiger charge is 2.12. The first-order valence-electron chi connectivity index (χ1n) is 10.8. The standard InChI is InChI=1S/C27H27NO6/c1-18-5-4-6-25(19(18)2)34-23-13-9-21(10-14-23)28-26(30)15-16-27(31)33-17-24(29)20-7-11-22(32-3)12-8-20/h4-14H,15-17H2,1-3H3,(H,28,30). The van der Waals surface area contributed by atoms with E-state index in [1.807, 2.05) is 32.0 Å². The molecule has 0 spiro atoms. The molecule has 0 fully saturated rings. The van der Waals surface area contributed by atoms with Crippen molar-refractivity contribution < 1.29 is 28.6 Å². The smallest absolute Gasteiger partial charge is 0.306 e. The van der Waals surface area contributed by atoms with Gasteiger partial charge in [-0.2, -0.15) is 0 Å². The van der Waals surface area contributed by atoms with Crippen LogP contribution in [-0.4, -0.2) is 31.4 Å². The Balaban J connectivity index is 1.41. The van der Waals surface area contributed by atoms with Gasteiger partial charge < -0.3 is 19.5 Å². The number of ketones is 1. The average Bonchev–Trinajstić information content (AvgIpc) is 2.85. The number of Topliss-reactive ketones (excluding diaryl/α,β-unsaturated/α-hetero) is 1. The number of hydrogen-bond acceptors (Lipinski definition) is 6. The Morgan fingerprint density at radius 3 is 2.18 bits per heavy atom. The van der Waals surface area contributed by atoms with E-state index in [1.54, 1.807) is 48.5 Å². The maximum Gasteiger partial charge on any atom is 0.306 e. The summed E-state index contributed by atoms with van der Waals surface area (Å²) >= 11 is 0. The largest absolute Gasteiger partial charge is 0.497 e. The number of anilines is 1. The third-order valence-corrected chi connectivity index (χ3v) is 5.25. The number of carbonyl (C=O) groups excluding carboxylic acids is 3. The summed E-state index contributed by atoms with van der Waals surface area (Å²) in [7, 11) is 1.53. The number of nitrogens with one attached hydrogen (secondary N) is 1. The number of aryl methyl sites for hydroxylation is 1. The van der Waals surface area contributed by atoms with Crippen LogP contribution in [0.1, 0.15) is 34.3 Å². The van der Waals surface area contributed by atoms with E-state index >= 15 is 0 Å². The number of methoxy groups -OCH3 is 1. The molecule has 176 valence electrons. The Kier molecular flexibility index (Phi) is 8.40. The number of ether oxygens (including phenoxy) is 3. The molecule has 0 aliphatic rings. The van der Waals surface area contributed by atoms with E-state index in [2.05, 4.69) is 5.32 Å². The summed E-state index contributed by atoms with van der Waals surface area (Å²) in [5, 5.41) is 2.73. The second-order valence-electron chi connectivity index (χ2n) is 7.69. The zero-order valence-electron chi connectivity index (χ0n) is 19.4. The summed E-state index contributed by atoms with van der Waals surface area (Å²) in [5.74, 6) is 0.778. The lowest BCUT2D eigenvalue weighted by atomic mass is 10.1. The monoisotopic (exact) mass is 461 g/mol. The van der Waals surface area contributed by atoms with Gasteiger partial charge >= 0.3 is 5.97 Å². The zero-order chi connectivity index (χ0) is 24.5. The molecule has 3 aromatic carbocycles. The molecule has 7 nitrogen and oxygen atoms in total. The van der Waals surface area contributed by atoms with E-state index in [0.29, 0.717) is 22.7 Å². The summed E-state index contributed by atoms with van der Waals surface area (Å²) in [6.45, 7) is 3.64. The first-order chi connectivity index (χ1) is 16.4. The number of carbonyl (C=O) groups is 3.